The Morgan fingerprint density at radius 2 is 2.10 bits per heavy atom. The Kier molecular flexibility index (Phi) is 7.22. The highest BCUT2D eigenvalue weighted by molar-refractivity contribution is 5.75. The highest BCUT2D eigenvalue weighted by Gasteiger charge is 2.09. The van der Waals surface area contributed by atoms with Gasteiger partial charge in [0, 0.05) is 12.6 Å². The molecule has 0 saturated carbocycles. The van der Waals surface area contributed by atoms with E-state index in [-0.39, 0.29) is 18.5 Å². The van der Waals surface area contributed by atoms with Gasteiger partial charge in [-0.05, 0) is 26.3 Å². The highest BCUT2D eigenvalue weighted by Crippen LogP contribution is 2.08. The van der Waals surface area contributed by atoms with E-state index in [0.717, 1.165) is 24.5 Å². The van der Waals surface area contributed by atoms with Crippen LogP contribution in [0.25, 0.3) is 0 Å². The molecule has 0 aliphatic rings. The first-order valence-electron chi connectivity index (χ1n) is 7.34. The zero-order valence-electron chi connectivity index (χ0n) is 13.0. The predicted molar refractivity (Wildman–Crippen MR) is 79.1 cm³/mol. The lowest BCUT2D eigenvalue weighted by atomic mass is 10.0. The fourth-order valence-electron chi connectivity index (χ4n) is 2.05. The molecule has 0 aliphatic carbocycles. The van der Waals surface area contributed by atoms with E-state index in [0.29, 0.717) is 6.54 Å². The molecule has 1 rings (SSSR count). The van der Waals surface area contributed by atoms with E-state index in [4.69, 9.17) is 0 Å². The van der Waals surface area contributed by atoms with Crippen LogP contribution >= 0.6 is 0 Å². The Hall–Kier alpha value is -1.43. The highest BCUT2D eigenvalue weighted by atomic mass is 16.2. The average molecular weight is 281 g/mol. The van der Waals surface area contributed by atoms with Crippen LogP contribution in [0.4, 0.5) is 0 Å². The second-order valence-corrected chi connectivity index (χ2v) is 5.73. The Balaban J connectivity index is 2.27. The number of aromatic nitrogens is 3. The minimum atomic E-state index is -0.0112. The minimum absolute atomic E-state index is 0.0112. The number of nitrogens with zero attached hydrogens (tertiary/aromatic N) is 3. The normalized spacial score (nSPS) is 12.7. The van der Waals surface area contributed by atoms with E-state index >= 15 is 0 Å². The smallest absolute Gasteiger partial charge is 0.242 e. The first kappa shape index (κ1) is 16.6. The molecule has 0 spiro atoms. The Morgan fingerprint density at radius 3 is 2.75 bits per heavy atom. The van der Waals surface area contributed by atoms with Gasteiger partial charge >= 0.3 is 0 Å². The topological polar surface area (TPSA) is 71.8 Å². The molecule has 6 heteroatoms. The van der Waals surface area contributed by atoms with Gasteiger partial charge in [-0.3, -0.25) is 4.79 Å². The molecule has 0 aromatic carbocycles. The van der Waals surface area contributed by atoms with Gasteiger partial charge in [-0.1, -0.05) is 31.9 Å². The Labute approximate surface area is 121 Å². The van der Waals surface area contributed by atoms with Gasteiger partial charge in [0.25, 0.3) is 0 Å². The summed E-state index contributed by atoms with van der Waals surface area (Å²) >= 11 is 0. The standard InChI is InChI=1S/C14H27N5O/c1-11(2)6-5-7-12(3)16-14(20)10-19-9-13(8-15-4)17-18-19/h9,11-12,15H,5-8,10H2,1-4H3,(H,16,20). The molecule has 0 radical (unpaired) electrons. The summed E-state index contributed by atoms with van der Waals surface area (Å²) in [5.74, 6) is 0.710. The molecule has 1 heterocycles. The molecule has 0 aliphatic heterocycles. The van der Waals surface area contributed by atoms with Crippen LogP contribution in [0.3, 0.4) is 0 Å². The number of hydrogen-bond donors (Lipinski definition) is 2. The summed E-state index contributed by atoms with van der Waals surface area (Å²) in [4.78, 5) is 11.9. The number of hydrogen-bond acceptors (Lipinski definition) is 4. The van der Waals surface area contributed by atoms with Crippen LogP contribution in [-0.2, 0) is 17.9 Å². The lowest BCUT2D eigenvalue weighted by Gasteiger charge is -2.14. The van der Waals surface area contributed by atoms with Gasteiger partial charge in [0.05, 0.1) is 11.9 Å². The Morgan fingerprint density at radius 1 is 1.35 bits per heavy atom. The molecule has 20 heavy (non-hydrogen) atoms. The second kappa shape index (κ2) is 8.68. The summed E-state index contributed by atoms with van der Waals surface area (Å²) in [5, 5.41) is 13.9. The van der Waals surface area contributed by atoms with Crippen molar-refractivity contribution >= 4 is 5.91 Å². The lowest BCUT2D eigenvalue weighted by molar-refractivity contribution is -0.122. The fourth-order valence-corrected chi connectivity index (χ4v) is 2.05. The largest absolute Gasteiger partial charge is 0.352 e. The van der Waals surface area contributed by atoms with Gasteiger partial charge in [-0.15, -0.1) is 5.10 Å². The quantitative estimate of drug-likeness (QED) is 0.716. The van der Waals surface area contributed by atoms with Crippen molar-refractivity contribution in [3.8, 4) is 0 Å². The third-order valence-electron chi connectivity index (χ3n) is 3.08. The van der Waals surface area contributed by atoms with Crippen LogP contribution < -0.4 is 10.6 Å². The van der Waals surface area contributed by atoms with E-state index < -0.39 is 0 Å². The van der Waals surface area contributed by atoms with Crippen molar-refractivity contribution in [3.63, 3.8) is 0 Å². The van der Waals surface area contributed by atoms with Crippen molar-refractivity contribution < 1.29 is 4.79 Å². The zero-order valence-corrected chi connectivity index (χ0v) is 13.0. The average Bonchev–Trinajstić information content (AvgIpc) is 2.76. The van der Waals surface area contributed by atoms with Crippen LogP contribution in [0.5, 0.6) is 0 Å². The van der Waals surface area contributed by atoms with Gasteiger partial charge in [0.15, 0.2) is 0 Å². The number of amides is 1. The molecule has 2 N–H and O–H groups in total. The molecule has 114 valence electrons. The van der Waals surface area contributed by atoms with E-state index in [1.165, 1.54) is 6.42 Å². The van der Waals surface area contributed by atoms with Crippen LogP contribution in [0, 0.1) is 5.92 Å². The van der Waals surface area contributed by atoms with Gasteiger partial charge in [0.2, 0.25) is 5.91 Å². The molecule has 1 amide bonds. The van der Waals surface area contributed by atoms with Gasteiger partial charge in [0.1, 0.15) is 6.54 Å². The fraction of sp³-hybridized carbons (Fsp3) is 0.786. The Bertz CT molecular complexity index is 402. The van der Waals surface area contributed by atoms with E-state index in [2.05, 4.69) is 34.8 Å². The summed E-state index contributed by atoms with van der Waals surface area (Å²) in [6.45, 7) is 7.37. The van der Waals surface area contributed by atoms with Crippen LogP contribution in [0.1, 0.15) is 45.7 Å². The number of nitrogens with one attached hydrogen (secondary N) is 2. The summed E-state index contributed by atoms with van der Waals surface area (Å²) in [6, 6.07) is 0.210. The SMILES string of the molecule is CNCc1cn(CC(=O)NC(C)CCCC(C)C)nn1. The molecule has 1 atom stereocenters. The summed E-state index contributed by atoms with van der Waals surface area (Å²) < 4.78 is 1.57. The van der Waals surface area contributed by atoms with Crippen molar-refractivity contribution in [3.05, 3.63) is 11.9 Å². The third-order valence-corrected chi connectivity index (χ3v) is 3.08. The van der Waals surface area contributed by atoms with Crippen LogP contribution in [-0.4, -0.2) is 34.0 Å². The van der Waals surface area contributed by atoms with Crippen molar-refractivity contribution in [1.29, 1.82) is 0 Å². The molecule has 0 fully saturated rings. The maximum Gasteiger partial charge on any atom is 0.242 e. The van der Waals surface area contributed by atoms with E-state index in [1.807, 2.05) is 14.0 Å². The zero-order chi connectivity index (χ0) is 15.0. The number of rotatable bonds is 9. The van der Waals surface area contributed by atoms with Crippen molar-refractivity contribution in [2.45, 2.75) is 59.2 Å². The third kappa shape index (κ3) is 6.65. The molecule has 0 saturated heterocycles. The first-order valence-corrected chi connectivity index (χ1v) is 7.34. The van der Waals surface area contributed by atoms with Crippen molar-refractivity contribution in [1.82, 2.24) is 25.6 Å². The van der Waals surface area contributed by atoms with E-state index in [9.17, 15) is 4.79 Å². The molecular weight excluding hydrogens is 254 g/mol. The molecule has 0 bridgehead atoms. The maximum absolute atomic E-state index is 11.9. The van der Waals surface area contributed by atoms with Crippen LogP contribution in [0.2, 0.25) is 0 Å². The van der Waals surface area contributed by atoms with Gasteiger partial charge in [-0.2, -0.15) is 0 Å². The summed E-state index contributed by atoms with van der Waals surface area (Å²) in [5.41, 5.74) is 0.838. The molecule has 1 unspecified atom stereocenters. The van der Waals surface area contributed by atoms with Gasteiger partial charge < -0.3 is 10.6 Å². The summed E-state index contributed by atoms with van der Waals surface area (Å²) in [7, 11) is 1.85. The molecule has 6 nitrogen and oxygen atoms in total. The minimum Gasteiger partial charge on any atom is -0.352 e. The lowest BCUT2D eigenvalue weighted by Crippen LogP contribution is -2.35. The second-order valence-electron chi connectivity index (χ2n) is 5.73. The molecule has 1 aromatic heterocycles. The summed E-state index contributed by atoms with van der Waals surface area (Å²) in [6.07, 6.45) is 5.16. The maximum atomic E-state index is 11.9. The molecule has 1 aromatic rings. The van der Waals surface area contributed by atoms with E-state index in [1.54, 1.807) is 10.9 Å². The van der Waals surface area contributed by atoms with Gasteiger partial charge in [-0.25, -0.2) is 4.68 Å². The first-order chi connectivity index (χ1) is 9.51. The predicted octanol–water partition coefficient (Wildman–Crippen LogP) is 1.33. The van der Waals surface area contributed by atoms with Crippen molar-refractivity contribution in [2.24, 2.45) is 5.92 Å². The molecular formula is C14H27N5O. The monoisotopic (exact) mass is 281 g/mol. The number of carbonyl (C=O) groups excluding carboxylic acids is 1. The van der Waals surface area contributed by atoms with Crippen molar-refractivity contribution in [2.75, 3.05) is 7.05 Å². The number of carbonyl (C=O) groups is 1. The van der Waals surface area contributed by atoms with Crippen LogP contribution in [0.15, 0.2) is 6.20 Å².